The van der Waals surface area contributed by atoms with Gasteiger partial charge in [-0.2, -0.15) is 0 Å². The number of rotatable bonds is 6. The third-order valence-electron chi connectivity index (χ3n) is 4.38. The molecule has 2 atom stereocenters. The lowest BCUT2D eigenvalue weighted by atomic mass is 9.92. The molecule has 0 aliphatic carbocycles. The van der Waals surface area contributed by atoms with Gasteiger partial charge in [-0.15, -0.1) is 0 Å². The zero-order valence-corrected chi connectivity index (χ0v) is 15.6. The Morgan fingerprint density at radius 1 is 1.22 bits per heavy atom. The number of hydrogen-bond donors (Lipinski definition) is 1. The van der Waals surface area contributed by atoms with Crippen molar-refractivity contribution in [2.45, 2.75) is 38.1 Å². The van der Waals surface area contributed by atoms with Crippen molar-refractivity contribution >= 4 is 12.0 Å². The first-order valence-electron chi connectivity index (χ1n) is 8.90. The van der Waals surface area contributed by atoms with Crippen LogP contribution in [-0.4, -0.2) is 29.9 Å². The van der Waals surface area contributed by atoms with Crippen LogP contribution in [0.1, 0.15) is 30.9 Å². The molecule has 0 aromatic heterocycles. The molecule has 0 radical (unpaired) electrons. The van der Waals surface area contributed by atoms with E-state index in [2.05, 4.69) is 0 Å². The fraction of sp³-hybridized carbons (Fsp3) is 0.318. The predicted molar refractivity (Wildman–Crippen MR) is 103 cm³/mol. The molecule has 2 aromatic carbocycles. The minimum Gasteiger partial charge on any atom is -0.493 e. The minimum absolute atomic E-state index is 0.0264. The van der Waals surface area contributed by atoms with Crippen molar-refractivity contribution in [2.75, 3.05) is 7.11 Å². The highest BCUT2D eigenvalue weighted by Crippen LogP contribution is 2.30. The molecular weight excluding hydrogens is 344 g/mol. The zero-order chi connectivity index (χ0) is 19.3. The third kappa shape index (κ3) is 5.34. The van der Waals surface area contributed by atoms with Crippen LogP contribution in [-0.2, 0) is 16.1 Å². The van der Waals surface area contributed by atoms with Gasteiger partial charge in [0.1, 0.15) is 12.7 Å². The molecule has 0 spiro atoms. The molecule has 5 heteroatoms. The molecule has 27 heavy (non-hydrogen) atoms. The van der Waals surface area contributed by atoms with Crippen LogP contribution in [0, 0.1) is 0 Å². The number of methoxy groups -OCH3 is 1. The SMILES string of the molecule is COc1cc(C=CC2CC(C)(O)CC(=O)O2)ccc1OCc1ccccc1. The third-order valence-corrected chi connectivity index (χ3v) is 4.38. The van der Waals surface area contributed by atoms with Gasteiger partial charge in [-0.1, -0.05) is 42.5 Å². The number of carbonyl (C=O) groups excluding carboxylic acids is 1. The molecule has 1 heterocycles. The summed E-state index contributed by atoms with van der Waals surface area (Å²) >= 11 is 0. The Balaban J connectivity index is 1.67. The van der Waals surface area contributed by atoms with Crippen molar-refractivity contribution < 1.29 is 24.1 Å². The molecule has 1 fully saturated rings. The van der Waals surface area contributed by atoms with Crippen molar-refractivity contribution in [1.82, 2.24) is 0 Å². The number of aliphatic hydroxyl groups is 1. The van der Waals surface area contributed by atoms with E-state index in [-0.39, 0.29) is 12.4 Å². The number of benzene rings is 2. The first-order valence-corrected chi connectivity index (χ1v) is 8.90. The molecule has 2 aromatic rings. The summed E-state index contributed by atoms with van der Waals surface area (Å²) in [4.78, 5) is 11.6. The standard InChI is InChI=1S/C22H24O5/c1-22(24)13-18(27-21(23)14-22)10-8-16-9-11-19(20(12-16)25-2)26-15-17-6-4-3-5-7-17/h3-12,18,24H,13-15H2,1-2H3. The maximum Gasteiger partial charge on any atom is 0.309 e. The summed E-state index contributed by atoms with van der Waals surface area (Å²) in [6.45, 7) is 2.11. The quantitative estimate of drug-likeness (QED) is 0.787. The Hall–Kier alpha value is -2.79. The van der Waals surface area contributed by atoms with E-state index in [1.54, 1.807) is 20.1 Å². The summed E-state index contributed by atoms with van der Waals surface area (Å²) in [6.07, 6.45) is 3.60. The fourth-order valence-corrected chi connectivity index (χ4v) is 3.04. The number of esters is 1. The largest absolute Gasteiger partial charge is 0.493 e. The Morgan fingerprint density at radius 3 is 2.70 bits per heavy atom. The molecule has 2 unspecified atom stereocenters. The number of ether oxygens (including phenoxy) is 3. The van der Waals surface area contributed by atoms with Gasteiger partial charge in [0.2, 0.25) is 0 Å². The van der Waals surface area contributed by atoms with Crippen molar-refractivity contribution in [3.63, 3.8) is 0 Å². The second kappa shape index (κ2) is 8.27. The summed E-state index contributed by atoms with van der Waals surface area (Å²) in [6, 6.07) is 15.5. The average molecular weight is 368 g/mol. The highest BCUT2D eigenvalue weighted by atomic mass is 16.5. The number of carbonyl (C=O) groups is 1. The summed E-state index contributed by atoms with van der Waals surface area (Å²) in [5.74, 6) is 0.898. The van der Waals surface area contributed by atoms with Gasteiger partial charge in [0.05, 0.1) is 19.1 Å². The van der Waals surface area contributed by atoms with E-state index >= 15 is 0 Å². The van der Waals surface area contributed by atoms with Gasteiger partial charge in [-0.05, 0) is 36.3 Å². The van der Waals surface area contributed by atoms with E-state index < -0.39 is 11.7 Å². The summed E-state index contributed by atoms with van der Waals surface area (Å²) in [5, 5.41) is 10.1. The monoisotopic (exact) mass is 368 g/mol. The summed E-state index contributed by atoms with van der Waals surface area (Å²) < 4.78 is 16.6. The molecule has 5 nitrogen and oxygen atoms in total. The van der Waals surface area contributed by atoms with Gasteiger partial charge >= 0.3 is 5.97 Å². The first-order chi connectivity index (χ1) is 12.9. The van der Waals surface area contributed by atoms with Crippen LogP contribution >= 0.6 is 0 Å². The van der Waals surface area contributed by atoms with Gasteiger partial charge in [0.15, 0.2) is 11.5 Å². The van der Waals surface area contributed by atoms with Crippen LogP contribution in [0.3, 0.4) is 0 Å². The Morgan fingerprint density at radius 2 is 2.00 bits per heavy atom. The van der Waals surface area contributed by atoms with E-state index in [1.807, 2.05) is 54.6 Å². The zero-order valence-electron chi connectivity index (χ0n) is 15.6. The molecule has 0 amide bonds. The molecule has 0 saturated carbocycles. The van der Waals surface area contributed by atoms with Crippen LogP contribution in [0.4, 0.5) is 0 Å². The lowest BCUT2D eigenvalue weighted by Gasteiger charge is -2.31. The average Bonchev–Trinajstić information content (AvgIpc) is 2.64. The van der Waals surface area contributed by atoms with Crippen LogP contribution in [0.5, 0.6) is 11.5 Å². The van der Waals surface area contributed by atoms with Gasteiger partial charge in [0.25, 0.3) is 0 Å². The van der Waals surface area contributed by atoms with Gasteiger partial charge in [-0.3, -0.25) is 4.79 Å². The maximum atomic E-state index is 11.6. The van der Waals surface area contributed by atoms with Crippen LogP contribution in [0.15, 0.2) is 54.6 Å². The van der Waals surface area contributed by atoms with Crippen molar-refractivity contribution in [3.8, 4) is 11.5 Å². The smallest absolute Gasteiger partial charge is 0.309 e. The van der Waals surface area contributed by atoms with Gasteiger partial charge < -0.3 is 19.3 Å². The second-order valence-electron chi connectivity index (χ2n) is 6.95. The summed E-state index contributed by atoms with van der Waals surface area (Å²) in [5.41, 5.74) is 0.937. The Kier molecular flexibility index (Phi) is 5.81. The highest BCUT2D eigenvalue weighted by molar-refractivity contribution is 5.72. The molecule has 142 valence electrons. The van der Waals surface area contributed by atoms with E-state index in [1.165, 1.54) is 0 Å². The fourth-order valence-electron chi connectivity index (χ4n) is 3.04. The van der Waals surface area contributed by atoms with Gasteiger partial charge in [-0.25, -0.2) is 0 Å². The normalized spacial score (nSPS) is 22.5. The molecule has 0 bridgehead atoms. The van der Waals surface area contributed by atoms with E-state index in [9.17, 15) is 9.90 Å². The van der Waals surface area contributed by atoms with E-state index in [0.717, 1.165) is 11.1 Å². The lowest BCUT2D eigenvalue weighted by molar-refractivity contribution is -0.163. The van der Waals surface area contributed by atoms with Gasteiger partial charge in [0, 0.05) is 6.42 Å². The minimum atomic E-state index is -1.03. The van der Waals surface area contributed by atoms with Crippen molar-refractivity contribution in [3.05, 3.63) is 65.7 Å². The van der Waals surface area contributed by atoms with Crippen molar-refractivity contribution in [2.24, 2.45) is 0 Å². The lowest BCUT2D eigenvalue weighted by Crippen LogP contribution is -2.40. The highest BCUT2D eigenvalue weighted by Gasteiger charge is 2.34. The van der Waals surface area contributed by atoms with E-state index in [4.69, 9.17) is 14.2 Å². The molecule has 1 aliphatic heterocycles. The molecule has 1 N–H and O–H groups in total. The summed E-state index contributed by atoms with van der Waals surface area (Å²) in [7, 11) is 1.60. The number of hydrogen-bond acceptors (Lipinski definition) is 5. The Bertz CT molecular complexity index is 811. The molecule has 3 rings (SSSR count). The van der Waals surface area contributed by atoms with Crippen LogP contribution in [0.2, 0.25) is 0 Å². The topological polar surface area (TPSA) is 65.0 Å². The second-order valence-corrected chi connectivity index (χ2v) is 6.95. The van der Waals surface area contributed by atoms with Crippen LogP contribution < -0.4 is 9.47 Å². The Labute approximate surface area is 159 Å². The maximum absolute atomic E-state index is 11.6. The van der Waals surface area contributed by atoms with E-state index in [0.29, 0.717) is 24.5 Å². The van der Waals surface area contributed by atoms with Crippen molar-refractivity contribution in [1.29, 1.82) is 0 Å². The van der Waals surface area contributed by atoms with Crippen LogP contribution in [0.25, 0.3) is 6.08 Å². The first kappa shape index (κ1) is 19.0. The molecular formula is C22H24O5. The number of cyclic esters (lactones) is 1. The molecule has 1 saturated heterocycles. The molecule has 1 aliphatic rings. The predicted octanol–water partition coefficient (Wildman–Crippen LogP) is 3.74.